The minimum Gasteiger partial charge on any atom is -0.463 e. The van der Waals surface area contributed by atoms with E-state index in [-0.39, 0.29) is 50.2 Å². The maximum absolute atomic E-state index is 14.5. The standard InChI is InChI=1S/C49H71N3O12/c1-31-27-49(8,58-11)42(63-45-41(38(50(9)10)26-32(2)61-45)62-44(55)37-20-16-13-17-21-37)33(3)40(53)34(4)43(54)59-30-39(36-22-24-51(25-23-36)46(56)64-48(5,6)7)52(28-31)47(57)60-29-35-18-14-12-15-19-35/h12-21,31-34,36,38-39,41-42,45H,22-30H2,1-11H3/t31-,32-,33+,34-,38+,39+,41-,42-,45+,49-/m1/s1. The number of cyclic esters (lactones) is 1. The third-order valence-electron chi connectivity index (χ3n) is 12.8. The number of ether oxygens (including phenoxy) is 7. The van der Waals surface area contributed by atoms with Gasteiger partial charge >= 0.3 is 24.1 Å². The Hall–Kier alpha value is -4.57. The summed E-state index contributed by atoms with van der Waals surface area (Å²) in [5.74, 6) is -4.39. The van der Waals surface area contributed by atoms with Crippen molar-refractivity contribution in [2.45, 2.75) is 136 Å². The highest BCUT2D eigenvalue weighted by Gasteiger charge is 2.51. The van der Waals surface area contributed by atoms with Gasteiger partial charge in [-0.2, -0.15) is 0 Å². The van der Waals surface area contributed by atoms with Gasteiger partial charge in [0.1, 0.15) is 24.7 Å². The van der Waals surface area contributed by atoms with Gasteiger partial charge in [-0.05, 0) is 111 Å². The second kappa shape index (κ2) is 22.1. The maximum Gasteiger partial charge on any atom is 0.410 e. The van der Waals surface area contributed by atoms with Crippen LogP contribution in [0.4, 0.5) is 9.59 Å². The molecule has 0 N–H and O–H groups in total. The number of likely N-dealkylation sites (tertiary alicyclic amines) is 1. The van der Waals surface area contributed by atoms with Crippen molar-refractivity contribution in [2.75, 3.05) is 47.4 Å². The minimum absolute atomic E-state index is 0.0205. The Bertz CT molecular complexity index is 1870. The van der Waals surface area contributed by atoms with E-state index in [4.69, 9.17) is 33.2 Å². The number of likely N-dealkylation sites (N-methyl/N-ethyl adjacent to an activating group) is 1. The smallest absolute Gasteiger partial charge is 0.410 e. The Balaban J connectivity index is 1.50. The third kappa shape index (κ3) is 13.0. The van der Waals surface area contributed by atoms with Crippen LogP contribution in [-0.2, 0) is 49.4 Å². The molecule has 0 bridgehead atoms. The van der Waals surface area contributed by atoms with Crippen LogP contribution >= 0.6 is 0 Å². The molecule has 64 heavy (non-hydrogen) atoms. The molecule has 5 rings (SSSR count). The Morgan fingerprint density at radius 3 is 2.12 bits per heavy atom. The van der Waals surface area contributed by atoms with Gasteiger partial charge in [0.05, 0.1) is 35.5 Å². The van der Waals surface area contributed by atoms with E-state index in [0.717, 1.165) is 5.56 Å². The van der Waals surface area contributed by atoms with Crippen molar-refractivity contribution >= 4 is 29.9 Å². The second-order valence-electron chi connectivity index (χ2n) is 19.3. The van der Waals surface area contributed by atoms with Crippen LogP contribution in [0.1, 0.15) is 97.0 Å². The van der Waals surface area contributed by atoms with Gasteiger partial charge in [0.25, 0.3) is 0 Å². The predicted molar refractivity (Wildman–Crippen MR) is 238 cm³/mol. The van der Waals surface area contributed by atoms with Crippen molar-refractivity contribution in [3.8, 4) is 0 Å². The normalized spacial score (nSPS) is 30.3. The highest BCUT2D eigenvalue weighted by Crippen LogP contribution is 2.38. The first-order chi connectivity index (χ1) is 30.2. The van der Waals surface area contributed by atoms with Gasteiger partial charge < -0.3 is 47.9 Å². The quantitative estimate of drug-likeness (QED) is 0.142. The lowest BCUT2D eigenvalue weighted by Gasteiger charge is -2.47. The molecule has 3 fully saturated rings. The number of nitrogens with zero attached hydrogens (tertiary/aromatic N) is 3. The van der Waals surface area contributed by atoms with Gasteiger partial charge in [-0.25, -0.2) is 14.4 Å². The number of rotatable bonds is 9. The number of hydrogen-bond acceptors (Lipinski definition) is 13. The lowest BCUT2D eigenvalue weighted by molar-refractivity contribution is -0.294. The van der Waals surface area contributed by atoms with Crippen LogP contribution in [0.5, 0.6) is 0 Å². The lowest BCUT2D eigenvalue weighted by atomic mass is 9.78. The minimum atomic E-state index is -1.22. The van der Waals surface area contributed by atoms with Crippen molar-refractivity contribution in [1.29, 1.82) is 0 Å². The SMILES string of the molecule is CO[C@]1(C)C[C@@H](C)CN(C(=O)OCc2ccccc2)[C@H](C2CCN(C(=O)OC(C)(C)C)CC2)COC(=O)[C@H](C)C(=O)[C@H](C)[C@H]1O[C@@H]1O[C@H](C)C[C@H](N(C)C)[C@H]1OC(=O)c1ccccc1. The van der Waals surface area contributed by atoms with E-state index < -0.39 is 77.5 Å². The molecule has 15 heteroatoms. The zero-order chi connectivity index (χ0) is 46.9. The first-order valence-corrected chi connectivity index (χ1v) is 22.6. The number of carbonyl (C=O) groups is 5. The first-order valence-electron chi connectivity index (χ1n) is 22.6. The van der Waals surface area contributed by atoms with E-state index in [2.05, 4.69) is 0 Å². The summed E-state index contributed by atoms with van der Waals surface area (Å²) in [6, 6.07) is 17.1. The number of carbonyl (C=O) groups excluding carboxylic acids is 5. The molecule has 10 atom stereocenters. The number of methoxy groups -OCH3 is 1. The highest BCUT2D eigenvalue weighted by molar-refractivity contribution is 6.00. The van der Waals surface area contributed by atoms with Crippen LogP contribution in [0, 0.1) is 23.7 Å². The van der Waals surface area contributed by atoms with E-state index in [1.165, 1.54) is 6.92 Å². The largest absolute Gasteiger partial charge is 0.463 e. The summed E-state index contributed by atoms with van der Waals surface area (Å²) < 4.78 is 43.7. The van der Waals surface area contributed by atoms with E-state index >= 15 is 0 Å². The average Bonchev–Trinajstić information content (AvgIpc) is 3.26. The Kier molecular flexibility index (Phi) is 17.4. The van der Waals surface area contributed by atoms with Gasteiger partial charge in [-0.1, -0.05) is 62.4 Å². The summed E-state index contributed by atoms with van der Waals surface area (Å²) in [7, 11) is 5.34. The molecule has 15 nitrogen and oxygen atoms in total. The first kappa shape index (κ1) is 50.4. The molecule has 2 aromatic carbocycles. The van der Waals surface area contributed by atoms with Gasteiger partial charge in [0.15, 0.2) is 18.2 Å². The number of amides is 2. The molecule has 3 aliphatic rings. The zero-order valence-corrected chi connectivity index (χ0v) is 39.7. The van der Waals surface area contributed by atoms with Gasteiger partial charge in [-0.3, -0.25) is 9.59 Å². The van der Waals surface area contributed by atoms with Crippen molar-refractivity contribution in [2.24, 2.45) is 23.7 Å². The average molecular weight is 894 g/mol. The summed E-state index contributed by atoms with van der Waals surface area (Å²) in [5.41, 5.74) is -0.709. The fraction of sp³-hybridized carbons (Fsp3) is 0.653. The van der Waals surface area contributed by atoms with Crippen molar-refractivity contribution < 1.29 is 57.1 Å². The highest BCUT2D eigenvalue weighted by atomic mass is 16.7. The molecule has 0 unspecified atom stereocenters. The third-order valence-corrected chi connectivity index (χ3v) is 12.8. The molecule has 354 valence electrons. The maximum atomic E-state index is 14.5. The molecular formula is C49H71N3O12. The molecule has 0 spiro atoms. The summed E-state index contributed by atoms with van der Waals surface area (Å²) in [5, 5.41) is 0. The summed E-state index contributed by atoms with van der Waals surface area (Å²) in [6.45, 7) is 15.2. The van der Waals surface area contributed by atoms with Gasteiger partial charge in [-0.15, -0.1) is 0 Å². The molecule has 0 aliphatic carbocycles. The summed E-state index contributed by atoms with van der Waals surface area (Å²) in [6.07, 6.45) is -2.57. The second-order valence-corrected chi connectivity index (χ2v) is 19.3. The molecule has 0 radical (unpaired) electrons. The van der Waals surface area contributed by atoms with Crippen LogP contribution in [0.15, 0.2) is 60.7 Å². The van der Waals surface area contributed by atoms with Gasteiger partial charge in [0, 0.05) is 32.7 Å². The fourth-order valence-electron chi connectivity index (χ4n) is 9.25. The molecule has 2 amide bonds. The van der Waals surface area contributed by atoms with Crippen LogP contribution in [0.2, 0.25) is 0 Å². The lowest BCUT2D eigenvalue weighted by Crippen LogP contribution is -2.60. The fourth-order valence-corrected chi connectivity index (χ4v) is 9.25. The Morgan fingerprint density at radius 2 is 1.53 bits per heavy atom. The molecule has 0 aromatic heterocycles. The van der Waals surface area contributed by atoms with Crippen LogP contribution in [-0.4, -0.2) is 140 Å². The number of Topliss-reactive ketones (excluding diaryl/α,β-unsaturated/α-hetero) is 1. The monoisotopic (exact) mass is 894 g/mol. The topological polar surface area (TPSA) is 160 Å². The summed E-state index contributed by atoms with van der Waals surface area (Å²) >= 11 is 0. The zero-order valence-electron chi connectivity index (χ0n) is 39.7. The van der Waals surface area contributed by atoms with E-state index in [0.29, 0.717) is 37.9 Å². The predicted octanol–water partition coefficient (Wildman–Crippen LogP) is 7.15. The van der Waals surface area contributed by atoms with Crippen molar-refractivity contribution in [1.82, 2.24) is 14.7 Å². The molecule has 0 saturated carbocycles. The molecule has 3 saturated heterocycles. The summed E-state index contributed by atoms with van der Waals surface area (Å²) in [4.78, 5) is 74.9. The van der Waals surface area contributed by atoms with Crippen molar-refractivity contribution in [3.05, 3.63) is 71.8 Å². The van der Waals surface area contributed by atoms with Crippen LogP contribution in [0.25, 0.3) is 0 Å². The van der Waals surface area contributed by atoms with Crippen molar-refractivity contribution in [3.63, 3.8) is 0 Å². The van der Waals surface area contributed by atoms with Crippen LogP contribution in [0.3, 0.4) is 0 Å². The number of esters is 2. The molecular weight excluding hydrogens is 823 g/mol. The Morgan fingerprint density at radius 1 is 0.906 bits per heavy atom. The molecule has 2 aromatic rings. The number of piperidine rings is 1. The number of hydrogen-bond donors (Lipinski definition) is 0. The molecule has 3 aliphatic heterocycles. The van der Waals surface area contributed by atoms with E-state index in [9.17, 15) is 24.0 Å². The molecule has 3 heterocycles. The Labute approximate surface area is 379 Å². The van der Waals surface area contributed by atoms with E-state index in [1.807, 2.05) is 96.9 Å². The number of ketones is 1. The van der Waals surface area contributed by atoms with Gasteiger partial charge in [0.2, 0.25) is 0 Å². The van der Waals surface area contributed by atoms with E-state index in [1.54, 1.807) is 48.1 Å². The number of benzene rings is 2. The van der Waals surface area contributed by atoms with Crippen LogP contribution < -0.4 is 0 Å².